The van der Waals surface area contributed by atoms with Gasteiger partial charge in [-0.05, 0) is 32.0 Å². The SMILES string of the molecule is CN(CCn1nc2ccccn2c1=O)C1CCCCC1. The van der Waals surface area contributed by atoms with Crippen LogP contribution in [0, 0.1) is 0 Å². The molecule has 5 nitrogen and oxygen atoms in total. The minimum Gasteiger partial charge on any atom is -0.302 e. The number of aromatic nitrogens is 3. The third-order valence-corrected chi connectivity index (χ3v) is 4.35. The molecule has 0 amide bonds. The Balaban J connectivity index is 1.67. The molecule has 108 valence electrons. The van der Waals surface area contributed by atoms with Gasteiger partial charge in [-0.3, -0.25) is 4.40 Å². The highest BCUT2D eigenvalue weighted by molar-refractivity contribution is 5.35. The lowest BCUT2D eigenvalue weighted by molar-refractivity contribution is 0.183. The van der Waals surface area contributed by atoms with Gasteiger partial charge in [0.25, 0.3) is 0 Å². The topological polar surface area (TPSA) is 42.5 Å². The molecule has 1 fully saturated rings. The fourth-order valence-electron chi connectivity index (χ4n) is 3.07. The Kier molecular flexibility index (Phi) is 3.87. The van der Waals surface area contributed by atoms with E-state index in [-0.39, 0.29) is 5.69 Å². The molecule has 20 heavy (non-hydrogen) atoms. The fraction of sp³-hybridized carbons (Fsp3) is 0.600. The second-order valence-corrected chi connectivity index (χ2v) is 5.71. The van der Waals surface area contributed by atoms with E-state index in [0.29, 0.717) is 12.6 Å². The van der Waals surface area contributed by atoms with Gasteiger partial charge >= 0.3 is 5.69 Å². The standard InChI is InChI=1S/C15H22N4O/c1-17(13-7-3-2-4-8-13)11-12-19-15(20)18-10-6-5-9-14(18)16-19/h5-6,9-10,13H,2-4,7-8,11-12H2,1H3. The van der Waals surface area contributed by atoms with E-state index >= 15 is 0 Å². The lowest BCUT2D eigenvalue weighted by atomic mass is 9.94. The van der Waals surface area contributed by atoms with Gasteiger partial charge in [-0.2, -0.15) is 0 Å². The maximum atomic E-state index is 12.2. The summed E-state index contributed by atoms with van der Waals surface area (Å²) < 4.78 is 3.18. The zero-order valence-electron chi connectivity index (χ0n) is 12.0. The molecule has 0 radical (unpaired) electrons. The van der Waals surface area contributed by atoms with Gasteiger partial charge < -0.3 is 4.90 Å². The number of fused-ring (bicyclic) bond motifs is 1. The summed E-state index contributed by atoms with van der Waals surface area (Å²) >= 11 is 0. The number of hydrogen-bond acceptors (Lipinski definition) is 3. The average Bonchev–Trinajstić information content (AvgIpc) is 2.83. The second kappa shape index (κ2) is 5.79. The molecular weight excluding hydrogens is 252 g/mol. The van der Waals surface area contributed by atoms with Crippen LogP contribution >= 0.6 is 0 Å². The van der Waals surface area contributed by atoms with Crippen molar-refractivity contribution in [2.75, 3.05) is 13.6 Å². The van der Waals surface area contributed by atoms with E-state index in [1.165, 1.54) is 32.1 Å². The maximum Gasteiger partial charge on any atom is 0.350 e. The third kappa shape index (κ3) is 2.63. The van der Waals surface area contributed by atoms with Crippen molar-refractivity contribution in [1.29, 1.82) is 0 Å². The highest BCUT2D eigenvalue weighted by atomic mass is 16.2. The van der Waals surface area contributed by atoms with Crippen molar-refractivity contribution in [3.05, 3.63) is 34.9 Å². The van der Waals surface area contributed by atoms with Gasteiger partial charge in [0.05, 0.1) is 6.54 Å². The van der Waals surface area contributed by atoms with E-state index in [1.54, 1.807) is 15.3 Å². The molecule has 1 saturated carbocycles. The van der Waals surface area contributed by atoms with Crippen molar-refractivity contribution in [2.24, 2.45) is 0 Å². The van der Waals surface area contributed by atoms with Gasteiger partial charge in [0, 0.05) is 18.8 Å². The van der Waals surface area contributed by atoms with Crippen molar-refractivity contribution in [1.82, 2.24) is 19.1 Å². The molecule has 0 bridgehead atoms. The van der Waals surface area contributed by atoms with Crippen LogP contribution in [0.25, 0.3) is 5.65 Å². The van der Waals surface area contributed by atoms with Crippen LogP contribution < -0.4 is 5.69 Å². The van der Waals surface area contributed by atoms with E-state index < -0.39 is 0 Å². The molecule has 0 saturated heterocycles. The lowest BCUT2D eigenvalue weighted by Gasteiger charge is -2.30. The quantitative estimate of drug-likeness (QED) is 0.853. The Morgan fingerprint density at radius 1 is 1.30 bits per heavy atom. The third-order valence-electron chi connectivity index (χ3n) is 4.35. The average molecular weight is 274 g/mol. The largest absolute Gasteiger partial charge is 0.350 e. The van der Waals surface area contributed by atoms with Gasteiger partial charge in [0.1, 0.15) is 0 Å². The minimum absolute atomic E-state index is 0.0438. The Hall–Kier alpha value is -1.62. The van der Waals surface area contributed by atoms with Crippen molar-refractivity contribution >= 4 is 5.65 Å². The first kappa shape index (κ1) is 13.4. The van der Waals surface area contributed by atoms with E-state index in [0.717, 1.165) is 12.2 Å². The summed E-state index contributed by atoms with van der Waals surface area (Å²) in [5.74, 6) is 0. The van der Waals surface area contributed by atoms with Gasteiger partial charge in [-0.15, -0.1) is 5.10 Å². The first-order valence-corrected chi connectivity index (χ1v) is 7.50. The number of hydrogen-bond donors (Lipinski definition) is 0. The Labute approximate surface area is 118 Å². The predicted molar refractivity (Wildman–Crippen MR) is 79.0 cm³/mol. The van der Waals surface area contributed by atoms with E-state index in [9.17, 15) is 4.79 Å². The van der Waals surface area contributed by atoms with Crippen LogP contribution in [0.2, 0.25) is 0 Å². The summed E-state index contributed by atoms with van der Waals surface area (Å²) in [6.45, 7) is 1.54. The van der Waals surface area contributed by atoms with E-state index in [1.807, 2.05) is 18.2 Å². The zero-order valence-corrected chi connectivity index (χ0v) is 12.0. The van der Waals surface area contributed by atoms with E-state index in [4.69, 9.17) is 0 Å². The molecule has 2 heterocycles. The Bertz CT molecular complexity index is 624. The number of likely N-dealkylation sites (N-methyl/N-ethyl adjacent to an activating group) is 1. The fourth-order valence-corrected chi connectivity index (χ4v) is 3.07. The van der Waals surface area contributed by atoms with Crippen molar-refractivity contribution in [2.45, 2.75) is 44.7 Å². The van der Waals surface area contributed by atoms with Gasteiger partial charge in [0.15, 0.2) is 5.65 Å². The molecule has 2 aromatic heterocycles. The van der Waals surface area contributed by atoms with Crippen molar-refractivity contribution in [3.8, 4) is 0 Å². The molecule has 0 spiro atoms. The molecule has 1 aliphatic rings. The molecular formula is C15H22N4O. The highest BCUT2D eigenvalue weighted by Gasteiger charge is 2.18. The van der Waals surface area contributed by atoms with E-state index in [2.05, 4.69) is 17.0 Å². The van der Waals surface area contributed by atoms with Crippen LogP contribution in [-0.2, 0) is 6.54 Å². The molecule has 0 unspecified atom stereocenters. The van der Waals surface area contributed by atoms with Crippen LogP contribution in [-0.4, -0.2) is 38.7 Å². The van der Waals surface area contributed by atoms with Crippen molar-refractivity contribution < 1.29 is 0 Å². The number of pyridine rings is 1. The van der Waals surface area contributed by atoms with Crippen LogP contribution in [0.1, 0.15) is 32.1 Å². The normalized spacial score (nSPS) is 17.1. The summed E-state index contributed by atoms with van der Waals surface area (Å²) in [6.07, 6.45) is 8.39. The van der Waals surface area contributed by atoms with Gasteiger partial charge in [-0.1, -0.05) is 25.3 Å². The zero-order chi connectivity index (χ0) is 13.9. The molecule has 2 aromatic rings. The van der Waals surface area contributed by atoms with Crippen LogP contribution in [0.3, 0.4) is 0 Å². The number of nitrogens with zero attached hydrogens (tertiary/aromatic N) is 4. The van der Waals surface area contributed by atoms with Crippen LogP contribution in [0.4, 0.5) is 0 Å². The summed E-state index contributed by atoms with van der Waals surface area (Å²) in [4.78, 5) is 14.5. The molecule has 0 atom stereocenters. The van der Waals surface area contributed by atoms with Crippen molar-refractivity contribution in [3.63, 3.8) is 0 Å². The Morgan fingerprint density at radius 3 is 2.85 bits per heavy atom. The molecule has 0 N–H and O–H groups in total. The first-order chi connectivity index (χ1) is 9.75. The molecule has 3 rings (SSSR count). The summed E-state index contributed by atoms with van der Waals surface area (Å²) in [6, 6.07) is 6.30. The molecule has 0 aromatic carbocycles. The first-order valence-electron chi connectivity index (χ1n) is 7.50. The number of rotatable bonds is 4. The molecule has 0 aliphatic heterocycles. The smallest absolute Gasteiger partial charge is 0.302 e. The van der Waals surface area contributed by atoms with Crippen LogP contribution in [0.15, 0.2) is 29.2 Å². The highest BCUT2D eigenvalue weighted by Crippen LogP contribution is 2.21. The summed E-state index contributed by atoms with van der Waals surface area (Å²) in [7, 11) is 2.16. The van der Waals surface area contributed by atoms with Gasteiger partial charge in [0.2, 0.25) is 0 Å². The van der Waals surface area contributed by atoms with Crippen LogP contribution in [0.5, 0.6) is 0 Å². The monoisotopic (exact) mass is 274 g/mol. The summed E-state index contributed by atoms with van der Waals surface area (Å²) in [5, 5.41) is 4.37. The molecule has 5 heteroatoms. The van der Waals surface area contributed by atoms with Gasteiger partial charge in [-0.25, -0.2) is 9.48 Å². The minimum atomic E-state index is -0.0438. The summed E-state index contributed by atoms with van der Waals surface area (Å²) in [5.41, 5.74) is 0.676. The predicted octanol–water partition coefficient (Wildman–Crippen LogP) is 1.76. The maximum absolute atomic E-state index is 12.2. The second-order valence-electron chi connectivity index (χ2n) is 5.71. The Morgan fingerprint density at radius 2 is 2.10 bits per heavy atom. The molecule has 1 aliphatic carbocycles. The lowest BCUT2D eigenvalue weighted by Crippen LogP contribution is -2.37.